The molecule has 0 unspecified atom stereocenters. The highest BCUT2D eigenvalue weighted by Gasteiger charge is 2.30. The number of aliphatic hydroxyl groups excluding tert-OH is 1. The fourth-order valence-electron chi connectivity index (χ4n) is 1.75. The number of nitrogens with zero attached hydrogens (tertiary/aromatic N) is 4. The average Bonchev–Trinajstić information content (AvgIpc) is 3.00. The molecule has 5 nitrogen and oxygen atoms in total. The summed E-state index contributed by atoms with van der Waals surface area (Å²) in [4.78, 5) is 0. The lowest BCUT2D eigenvalue weighted by atomic mass is 10.2. The predicted octanol–water partition coefficient (Wildman–Crippen LogP) is 0.604. The number of hydrogen-bond acceptors (Lipinski definition) is 4. The maximum Gasteiger partial charge on any atom is 0.100 e. The van der Waals surface area contributed by atoms with Gasteiger partial charge in [-0.15, -0.1) is 5.10 Å². The lowest BCUT2D eigenvalue weighted by Crippen LogP contribution is -2.06. The Hall–Kier alpha value is -1.41. The molecule has 0 atom stereocenters. The summed E-state index contributed by atoms with van der Waals surface area (Å²) in [7, 11) is 0. The van der Waals surface area contributed by atoms with Gasteiger partial charge in [0.15, 0.2) is 0 Å². The topological polar surface area (TPSA) is 74.7 Å². The molecule has 1 N–H and O–H groups in total. The van der Waals surface area contributed by atoms with Crippen LogP contribution in [0.25, 0.3) is 0 Å². The third kappa shape index (κ3) is 2.16. The van der Waals surface area contributed by atoms with Gasteiger partial charge in [-0.3, -0.25) is 0 Å². The van der Waals surface area contributed by atoms with Crippen LogP contribution in [0, 0.1) is 11.3 Å². The van der Waals surface area contributed by atoms with Crippen molar-refractivity contribution in [2.45, 2.75) is 38.1 Å². The molecule has 1 aromatic rings. The minimum Gasteiger partial charge on any atom is -0.396 e. The molecule has 1 aliphatic rings. The summed E-state index contributed by atoms with van der Waals surface area (Å²) in [6, 6.07) is 2.11. The number of aryl methyl sites for hydroxylation is 1. The quantitative estimate of drug-likeness (QED) is 0.765. The van der Waals surface area contributed by atoms with Gasteiger partial charge >= 0.3 is 0 Å². The largest absolute Gasteiger partial charge is 0.396 e. The van der Waals surface area contributed by atoms with Crippen molar-refractivity contribution in [1.82, 2.24) is 15.0 Å². The first kappa shape index (κ1) is 10.1. The number of hydrogen-bond donors (Lipinski definition) is 1. The van der Waals surface area contributed by atoms with Crippen LogP contribution in [0.4, 0.5) is 0 Å². The van der Waals surface area contributed by atoms with E-state index in [1.165, 1.54) is 12.8 Å². The molecule has 0 radical (unpaired) electrons. The second-order valence-electron chi connectivity index (χ2n) is 3.83. The second-order valence-corrected chi connectivity index (χ2v) is 3.83. The highest BCUT2D eigenvalue weighted by Crippen LogP contribution is 2.41. The summed E-state index contributed by atoms with van der Waals surface area (Å²) in [6.45, 7) is 0.859. The lowest BCUT2D eigenvalue weighted by Gasteiger charge is -2.04. The number of nitriles is 1. The van der Waals surface area contributed by atoms with Crippen LogP contribution >= 0.6 is 0 Å². The van der Waals surface area contributed by atoms with E-state index in [1.54, 1.807) is 0 Å². The van der Waals surface area contributed by atoms with Crippen LogP contribution < -0.4 is 0 Å². The van der Waals surface area contributed by atoms with Gasteiger partial charge in [-0.05, 0) is 19.3 Å². The molecule has 1 heterocycles. The van der Waals surface area contributed by atoms with Crippen LogP contribution in [0.15, 0.2) is 0 Å². The summed E-state index contributed by atoms with van der Waals surface area (Å²) >= 11 is 0. The molecule has 0 bridgehead atoms. The van der Waals surface area contributed by atoms with Crippen molar-refractivity contribution in [3.05, 3.63) is 11.4 Å². The minimum atomic E-state index is 0.164. The third-order valence-corrected chi connectivity index (χ3v) is 2.59. The van der Waals surface area contributed by atoms with Crippen LogP contribution in [-0.4, -0.2) is 26.7 Å². The molecule has 1 aliphatic carbocycles. The van der Waals surface area contributed by atoms with E-state index in [1.807, 2.05) is 4.68 Å². The van der Waals surface area contributed by atoms with Crippen molar-refractivity contribution in [3.8, 4) is 6.07 Å². The Kier molecular flexibility index (Phi) is 2.97. The van der Waals surface area contributed by atoms with Crippen molar-refractivity contribution in [1.29, 1.82) is 5.26 Å². The Balaban J connectivity index is 2.18. The maximum atomic E-state index is 8.77. The Bertz CT molecular complexity index is 375. The van der Waals surface area contributed by atoms with E-state index in [4.69, 9.17) is 10.4 Å². The van der Waals surface area contributed by atoms with Crippen molar-refractivity contribution in [2.24, 2.45) is 0 Å². The van der Waals surface area contributed by atoms with E-state index in [-0.39, 0.29) is 6.61 Å². The standard InChI is InChI=1S/C10H14N4O/c11-5-4-9-10(8-2-3-8)14(13-12-9)6-1-7-15/h8,15H,1-4,6-7H2. The van der Waals surface area contributed by atoms with Gasteiger partial charge in [0.05, 0.1) is 18.2 Å². The summed E-state index contributed by atoms with van der Waals surface area (Å²) in [5.74, 6) is 0.544. The fraction of sp³-hybridized carbons (Fsp3) is 0.700. The average molecular weight is 206 g/mol. The molecule has 0 saturated heterocycles. The van der Waals surface area contributed by atoms with E-state index in [0.29, 0.717) is 25.3 Å². The molecule has 15 heavy (non-hydrogen) atoms. The first-order valence-corrected chi connectivity index (χ1v) is 5.27. The molecule has 0 aliphatic heterocycles. The first-order chi connectivity index (χ1) is 7.36. The molecule has 2 rings (SSSR count). The smallest absolute Gasteiger partial charge is 0.100 e. The fourth-order valence-corrected chi connectivity index (χ4v) is 1.75. The van der Waals surface area contributed by atoms with Crippen LogP contribution in [0.5, 0.6) is 0 Å². The van der Waals surface area contributed by atoms with Gasteiger partial charge < -0.3 is 5.11 Å². The van der Waals surface area contributed by atoms with Gasteiger partial charge in [-0.2, -0.15) is 5.26 Å². The van der Waals surface area contributed by atoms with E-state index in [9.17, 15) is 0 Å². The Morgan fingerprint density at radius 3 is 2.93 bits per heavy atom. The summed E-state index contributed by atoms with van der Waals surface area (Å²) in [6.07, 6.45) is 3.37. The van der Waals surface area contributed by atoms with E-state index in [2.05, 4.69) is 16.4 Å². The highest BCUT2D eigenvalue weighted by molar-refractivity contribution is 5.22. The monoisotopic (exact) mass is 206 g/mol. The molecule has 0 amide bonds. The van der Waals surface area contributed by atoms with Crippen LogP contribution in [-0.2, 0) is 13.0 Å². The molecule has 1 saturated carbocycles. The van der Waals surface area contributed by atoms with Crippen molar-refractivity contribution < 1.29 is 5.11 Å². The highest BCUT2D eigenvalue weighted by atomic mass is 16.3. The SMILES string of the molecule is N#CCc1nnn(CCCO)c1C1CC1. The van der Waals surface area contributed by atoms with E-state index in [0.717, 1.165) is 11.4 Å². The summed E-state index contributed by atoms with van der Waals surface area (Å²) in [5.41, 5.74) is 1.93. The van der Waals surface area contributed by atoms with E-state index < -0.39 is 0 Å². The van der Waals surface area contributed by atoms with Gasteiger partial charge in [-0.1, -0.05) is 5.21 Å². The lowest BCUT2D eigenvalue weighted by molar-refractivity contribution is 0.275. The number of aliphatic hydroxyl groups is 1. The van der Waals surface area contributed by atoms with Crippen LogP contribution in [0.2, 0.25) is 0 Å². The third-order valence-electron chi connectivity index (χ3n) is 2.59. The summed E-state index contributed by atoms with van der Waals surface area (Å²) in [5, 5.41) is 25.5. The summed E-state index contributed by atoms with van der Waals surface area (Å²) < 4.78 is 1.85. The van der Waals surface area contributed by atoms with Crippen molar-refractivity contribution >= 4 is 0 Å². The molecule has 5 heteroatoms. The second kappa shape index (κ2) is 4.41. The molecular weight excluding hydrogens is 192 g/mol. The zero-order valence-electron chi connectivity index (χ0n) is 8.56. The van der Waals surface area contributed by atoms with Gasteiger partial charge in [0, 0.05) is 19.1 Å². The Morgan fingerprint density at radius 2 is 2.33 bits per heavy atom. The van der Waals surface area contributed by atoms with Crippen LogP contribution in [0.1, 0.15) is 36.6 Å². The predicted molar refractivity (Wildman–Crippen MR) is 53.0 cm³/mol. The zero-order chi connectivity index (χ0) is 10.7. The van der Waals surface area contributed by atoms with Crippen LogP contribution in [0.3, 0.4) is 0 Å². The minimum absolute atomic E-state index is 0.164. The van der Waals surface area contributed by atoms with Crippen molar-refractivity contribution in [3.63, 3.8) is 0 Å². The number of aromatic nitrogens is 3. The molecular formula is C10H14N4O. The van der Waals surface area contributed by atoms with Crippen molar-refractivity contribution in [2.75, 3.05) is 6.61 Å². The maximum absolute atomic E-state index is 8.77. The Morgan fingerprint density at radius 1 is 1.53 bits per heavy atom. The molecule has 1 fully saturated rings. The normalized spacial score (nSPS) is 15.2. The van der Waals surface area contributed by atoms with Gasteiger partial charge in [0.2, 0.25) is 0 Å². The van der Waals surface area contributed by atoms with Gasteiger partial charge in [0.25, 0.3) is 0 Å². The molecule has 0 spiro atoms. The molecule has 1 aromatic heterocycles. The Labute approximate surface area is 88.3 Å². The molecule has 0 aromatic carbocycles. The zero-order valence-corrected chi connectivity index (χ0v) is 8.56. The van der Waals surface area contributed by atoms with E-state index >= 15 is 0 Å². The van der Waals surface area contributed by atoms with Gasteiger partial charge in [-0.25, -0.2) is 4.68 Å². The first-order valence-electron chi connectivity index (χ1n) is 5.27. The van der Waals surface area contributed by atoms with Gasteiger partial charge in [0.1, 0.15) is 5.69 Å². The molecule has 80 valence electrons. The number of rotatable bonds is 5.